The molecule has 0 spiro atoms. The molecule has 0 radical (unpaired) electrons. The first-order valence-corrected chi connectivity index (χ1v) is 24.5. The molecular weight excluding hydrogens is 1040 g/mol. The third-order valence-electron chi connectivity index (χ3n) is 11.0. The molecule has 0 heterocycles. The maximum absolute atomic E-state index is 10.7. The maximum Gasteiger partial charge on any atom is 0.522 e. The molecule has 5 rings (SSSR count). The van der Waals surface area contributed by atoms with E-state index in [1.165, 1.54) is 92.5 Å². The minimum absolute atomic E-state index is 0. The maximum atomic E-state index is 10.7. The number of halogens is 3. The molecule has 3 nitrogen and oxygen atoms in total. The van der Waals surface area contributed by atoms with Gasteiger partial charge in [0, 0.05) is 52.7 Å². The van der Waals surface area contributed by atoms with Crippen molar-refractivity contribution in [3.05, 3.63) is 136 Å². The number of hydrogen-bond donors (Lipinski definition) is 1. The Kier molecular flexibility index (Phi) is 17.9. The minimum atomic E-state index is -5.84. The van der Waals surface area contributed by atoms with Crippen LogP contribution >= 0.6 is 16.4 Å². The van der Waals surface area contributed by atoms with Gasteiger partial charge in [0.25, 0.3) is 0 Å². The van der Waals surface area contributed by atoms with Crippen LogP contribution in [0.15, 0.2) is 84.9 Å². The van der Waals surface area contributed by atoms with Crippen LogP contribution in [0.1, 0.15) is 158 Å². The van der Waals surface area contributed by atoms with E-state index in [0.717, 1.165) is 0 Å². The summed E-state index contributed by atoms with van der Waals surface area (Å²) in [5.74, 6) is 0. The van der Waals surface area contributed by atoms with E-state index < -0.39 is 15.6 Å². The third-order valence-corrected chi connectivity index (χ3v) is 14.5. The summed E-state index contributed by atoms with van der Waals surface area (Å²) in [5.41, 5.74) is 8.57. The Morgan fingerprint density at radius 1 is 0.438 bits per heavy atom. The molecule has 0 unspecified atom stereocenters. The fourth-order valence-corrected chi connectivity index (χ4v) is 11.3. The Balaban J connectivity index is 0.00000128. The van der Waals surface area contributed by atoms with Gasteiger partial charge in [-0.25, -0.2) is 0 Å². The molecule has 5 aromatic carbocycles. The third kappa shape index (κ3) is 13.5. The van der Waals surface area contributed by atoms with E-state index in [1.54, 1.807) is 0 Å². The zero-order valence-electron chi connectivity index (χ0n) is 41.6. The van der Waals surface area contributed by atoms with Gasteiger partial charge in [0.2, 0.25) is 0 Å². The van der Waals surface area contributed by atoms with Crippen molar-refractivity contribution in [2.75, 3.05) is 0 Å². The number of benzene rings is 4. The Bertz CT molecular complexity index is 2380. The van der Waals surface area contributed by atoms with Crippen LogP contribution in [0, 0.1) is 17.3 Å². The van der Waals surface area contributed by atoms with Gasteiger partial charge in [-0.3, -0.25) is 4.55 Å². The summed E-state index contributed by atoms with van der Waals surface area (Å²) in [5, 5.41) is 2.95. The zero-order chi connectivity index (χ0) is 47.4. The molecule has 0 aliphatic heterocycles. The van der Waals surface area contributed by atoms with Gasteiger partial charge in [-0.15, -0.1) is 0 Å². The van der Waals surface area contributed by atoms with E-state index in [4.69, 9.17) is 13.0 Å². The molecule has 10 heteroatoms. The smallest absolute Gasteiger partial charge is 0.358 e. The van der Waals surface area contributed by atoms with Crippen molar-refractivity contribution in [3.63, 3.8) is 0 Å². The second kappa shape index (κ2) is 19.9. The van der Waals surface area contributed by atoms with E-state index >= 15 is 0 Å². The van der Waals surface area contributed by atoms with Crippen LogP contribution in [0.3, 0.4) is 0 Å². The predicted molar refractivity (Wildman–Crippen MR) is 268 cm³/mol. The second-order valence-corrected chi connectivity index (χ2v) is 26.3. The largest absolute Gasteiger partial charge is 0.522 e. The minimum Gasteiger partial charge on any atom is -0.358 e. The molecule has 0 aliphatic carbocycles. The van der Waals surface area contributed by atoms with Crippen molar-refractivity contribution in [1.29, 1.82) is 0 Å². The number of hydrogen-bond acceptors (Lipinski definition) is 2. The molecule has 0 amide bonds. The summed E-state index contributed by atoms with van der Waals surface area (Å²) in [4.78, 5) is 2.92. The van der Waals surface area contributed by atoms with Crippen LogP contribution in [-0.4, -0.2) is 18.5 Å². The average molecular weight is 1120 g/mol. The Morgan fingerprint density at radius 2 is 0.656 bits per heavy atom. The molecule has 0 fully saturated rings. The van der Waals surface area contributed by atoms with E-state index in [2.05, 4.69) is 210 Å². The van der Waals surface area contributed by atoms with Gasteiger partial charge in [-0.1, -0.05) is 226 Å². The van der Waals surface area contributed by atoms with Crippen LogP contribution in [0.4, 0.5) is 13.2 Å². The van der Waals surface area contributed by atoms with Gasteiger partial charge >= 0.3 is 15.6 Å². The van der Waals surface area contributed by atoms with E-state index in [1.807, 2.05) is 0 Å². The quantitative estimate of drug-likeness (QED) is 0.0844. The standard InChI is InChI=1S/C52H68P2.CHF3O3S.CH3.Pt/c1-47(2,3)35-29-37(49(7,8)9)43(38(30-35)50(10,11)12)53-45-41(33-25-21-19-22-26-33)42(34-27-23-20-24-28-34)46(45)54-44-39(51(13,14)15)31-36(48(4,5)6)32-40(44)52(16,17)18;2-1(3,4)8(5,6)7;;/h19-32H,1-18H3;(H,5,6,7);1H3;/q;;-1;. The van der Waals surface area contributed by atoms with Crippen LogP contribution in [0.2, 0.25) is 0 Å². The Labute approximate surface area is 402 Å². The fourth-order valence-electron chi connectivity index (χ4n) is 7.29. The molecule has 0 aromatic heterocycles. The van der Waals surface area contributed by atoms with Gasteiger partial charge in [0.05, 0.1) is 0 Å². The molecule has 0 saturated carbocycles. The molecule has 64 heavy (non-hydrogen) atoms. The van der Waals surface area contributed by atoms with Gasteiger partial charge in [-0.2, -0.15) is 21.6 Å². The van der Waals surface area contributed by atoms with E-state index in [9.17, 15) is 13.2 Å². The van der Waals surface area contributed by atoms with Gasteiger partial charge in [0.1, 0.15) is 0 Å². The summed E-state index contributed by atoms with van der Waals surface area (Å²) < 4.78 is 57.5. The first-order chi connectivity index (χ1) is 27.8. The first-order valence-electron chi connectivity index (χ1n) is 21.3. The zero-order valence-corrected chi connectivity index (χ0v) is 46.5. The average Bonchev–Trinajstić information content (AvgIpc) is 3.09. The first kappa shape index (κ1) is 57.5. The van der Waals surface area contributed by atoms with Crippen molar-refractivity contribution < 1.29 is 47.2 Å². The SMILES string of the molecule is CC(C)(C)c1cc(C(C)(C)C)c(P=c2c(-c3ccccc3)c(-c3ccccc3)c2=Pc2c(C(C)(C)C)cc(C(C)(C)C)cc2C(C)(C)C)c(C(C)(C)C)c1.O=S(=O)(O)C(F)(F)F.[CH3-].[Pt]. The van der Waals surface area contributed by atoms with E-state index in [0.29, 0.717) is 0 Å². The fraction of sp³-hybridized carbons (Fsp3) is 0.463. The molecular formula is C54H72F3O3P2PtS-. The van der Waals surface area contributed by atoms with Gasteiger partial charge in [0.15, 0.2) is 0 Å². The monoisotopic (exact) mass is 1110 g/mol. The molecule has 354 valence electrons. The number of alkyl halides is 3. The van der Waals surface area contributed by atoms with Crippen LogP contribution in [0.5, 0.6) is 0 Å². The second-order valence-electron chi connectivity index (χ2n) is 22.7. The predicted octanol–water partition coefficient (Wildman–Crippen LogP) is 16.1. The Morgan fingerprint density at radius 3 is 0.828 bits per heavy atom. The molecule has 0 atom stereocenters. The van der Waals surface area contributed by atoms with Gasteiger partial charge in [-0.05, 0) is 77.0 Å². The van der Waals surface area contributed by atoms with Crippen LogP contribution < -0.4 is 10.6 Å². The molecule has 1 N–H and O–H groups in total. The van der Waals surface area contributed by atoms with E-state index in [-0.39, 0.29) is 61.0 Å². The normalized spacial score (nSPS) is 13.8. The van der Waals surface area contributed by atoms with Gasteiger partial charge < -0.3 is 7.43 Å². The summed E-state index contributed by atoms with van der Waals surface area (Å²) in [6, 6.07) is 32.5. The van der Waals surface area contributed by atoms with Crippen molar-refractivity contribution in [3.8, 4) is 22.3 Å². The van der Waals surface area contributed by atoms with Crippen molar-refractivity contribution in [1.82, 2.24) is 0 Å². The molecule has 5 aromatic rings. The summed E-state index contributed by atoms with van der Waals surface area (Å²) in [6.45, 7) is 43.0. The summed E-state index contributed by atoms with van der Waals surface area (Å²) in [7, 11) is -3.28. The summed E-state index contributed by atoms with van der Waals surface area (Å²) in [6.07, 6.45) is 0. The topological polar surface area (TPSA) is 54.4 Å². The summed E-state index contributed by atoms with van der Waals surface area (Å²) >= 11 is 0. The molecule has 0 saturated heterocycles. The number of rotatable bonds is 4. The van der Waals surface area contributed by atoms with Crippen molar-refractivity contribution in [2.45, 2.75) is 163 Å². The van der Waals surface area contributed by atoms with Crippen molar-refractivity contribution in [2.24, 2.45) is 0 Å². The molecule has 0 bridgehead atoms. The Hall–Kier alpha value is -2.65. The van der Waals surface area contributed by atoms with Crippen LogP contribution in [-0.2, 0) is 63.7 Å². The van der Waals surface area contributed by atoms with Crippen LogP contribution in [0.25, 0.3) is 22.3 Å². The van der Waals surface area contributed by atoms with Crippen molar-refractivity contribution >= 4 is 37.1 Å². The molecule has 0 aliphatic rings.